The largest absolute Gasteiger partial charge is 0.497 e. The molecule has 12 heteroatoms. The molecule has 1 amide bonds. The Balaban J connectivity index is 1.20. The number of carbonyl (C=O) groups is 1. The number of amides is 1. The summed E-state index contributed by atoms with van der Waals surface area (Å²) >= 11 is 6.25. The van der Waals surface area contributed by atoms with Crippen LogP contribution in [0.25, 0.3) is 10.9 Å². The van der Waals surface area contributed by atoms with Gasteiger partial charge in [-0.1, -0.05) is 23.7 Å². The molecule has 1 aliphatic heterocycles. The summed E-state index contributed by atoms with van der Waals surface area (Å²) in [6.07, 6.45) is 5.39. The zero-order valence-corrected chi connectivity index (χ0v) is 26.0. The molecule has 1 fully saturated rings. The van der Waals surface area contributed by atoms with Gasteiger partial charge in [0, 0.05) is 60.5 Å². The summed E-state index contributed by atoms with van der Waals surface area (Å²) in [5.74, 6) is 3.70. The second kappa shape index (κ2) is 12.0. The summed E-state index contributed by atoms with van der Waals surface area (Å²) < 4.78 is 18.4. The van der Waals surface area contributed by atoms with Crippen molar-refractivity contribution in [2.24, 2.45) is 7.05 Å². The van der Waals surface area contributed by atoms with Crippen LogP contribution in [-0.2, 0) is 38.1 Å². The summed E-state index contributed by atoms with van der Waals surface area (Å²) in [7, 11) is 5.03. The molecule has 230 valence electrons. The molecule has 2 aromatic carbocycles. The number of nitrogens with zero attached hydrogens (tertiary/aromatic N) is 6. The standard InChI is InChI=1S/C33H32ClN7O4/c1-40-30(12-29(34)39-40)41(33(42)22-14-35-31(36-15-22)20-5-6-20)16-19-4-9-24-25-17-45-18-26(25)32(38-27(24)10-19)37-13-21-7-8-23(43-2)11-28(21)44-3/h4,7-12,14-15,20H,5-6,13,16-18H2,1-3H3,(H,37,38). The maximum Gasteiger partial charge on any atom is 0.262 e. The van der Waals surface area contributed by atoms with Gasteiger partial charge in [-0.25, -0.2) is 15.0 Å². The monoisotopic (exact) mass is 625 g/mol. The van der Waals surface area contributed by atoms with Gasteiger partial charge in [-0.15, -0.1) is 0 Å². The number of aryl methyl sites for hydroxylation is 1. The highest BCUT2D eigenvalue weighted by atomic mass is 35.5. The van der Waals surface area contributed by atoms with Gasteiger partial charge in [0.2, 0.25) is 0 Å². The van der Waals surface area contributed by atoms with Gasteiger partial charge in [-0.3, -0.25) is 14.4 Å². The quantitative estimate of drug-likeness (QED) is 0.206. The van der Waals surface area contributed by atoms with Crippen LogP contribution in [0, 0.1) is 0 Å². The molecule has 0 atom stereocenters. The number of hydrogen-bond acceptors (Lipinski definition) is 9. The Kier molecular flexibility index (Phi) is 7.72. The van der Waals surface area contributed by atoms with E-state index in [1.54, 1.807) is 49.3 Å². The first-order valence-corrected chi connectivity index (χ1v) is 15.1. The molecule has 0 spiro atoms. The number of benzene rings is 2. The highest BCUT2D eigenvalue weighted by Crippen LogP contribution is 2.38. The van der Waals surface area contributed by atoms with Crippen molar-refractivity contribution in [3.8, 4) is 11.5 Å². The fourth-order valence-corrected chi connectivity index (χ4v) is 5.90. The summed E-state index contributed by atoms with van der Waals surface area (Å²) in [6, 6.07) is 13.5. The fourth-order valence-electron chi connectivity index (χ4n) is 5.69. The fraction of sp³-hybridized carbons (Fsp3) is 0.303. The Morgan fingerprint density at radius 1 is 1.07 bits per heavy atom. The molecular weight excluding hydrogens is 594 g/mol. The lowest BCUT2D eigenvalue weighted by Gasteiger charge is -2.23. The number of aromatic nitrogens is 5. The second-order valence-corrected chi connectivity index (χ2v) is 11.6. The number of ether oxygens (including phenoxy) is 3. The van der Waals surface area contributed by atoms with Gasteiger partial charge in [0.1, 0.15) is 29.0 Å². The third-order valence-corrected chi connectivity index (χ3v) is 8.44. The summed E-state index contributed by atoms with van der Waals surface area (Å²) in [4.78, 5) is 29.5. The molecule has 7 rings (SSSR count). The van der Waals surface area contributed by atoms with Crippen molar-refractivity contribution >= 4 is 40.0 Å². The highest BCUT2D eigenvalue weighted by molar-refractivity contribution is 6.29. The topological polar surface area (TPSA) is 117 Å². The number of nitrogens with one attached hydrogen (secondary N) is 1. The molecule has 5 aromatic rings. The van der Waals surface area contributed by atoms with Gasteiger partial charge in [-0.05, 0) is 42.2 Å². The van der Waals surface area contributed by atoms with Crippen LogP contribution in [0.15, 0.2) is 54.9 Å². The lowest BCUT2D eigenvalue weighted by atomic mass is 10.0. The van der Waals surface area contributed by atoms with Crippen LogP contribution in [0.2, 0.25) is 5.15 Å². The van der Waals surface area contributed by atoms with Crippen LogP contribution >= 0.6 is 11.6 Å². The van der Waals surface area contributed by atoms with Crippen LogP contribution in [0.4, 0.5) is 11.6 Å². The molecule has 0 radical (unpaired) electrons. The molecule has 4 heterocycles. The molecule has 3 aromatic heterocycles. The Hall–Kier alpha value is -4.74. The number of methoxy groups -OCH3 is 2. The van der Waals surface area contributed by atoms with E-state index in [1.165, 1.54) is 0 Å². The first kappa shape index (κ1) is 29.0. The second-order valence-electron chi connectivity index (χ2n) is 11.2. The normalized spacial score (nSPS) is 14.0. The summed E-state index contributed by atoms with van der Waals surface area (Å²) in [5, 5.41) is 9.09. The maximum atomic E-state index is 13.9. The number of pyridine rings is 1. The van der Waals surface area contributed by atoms with Gasteiger partial charge in [0.05, 0.1) is 45.1 Å². The Labute approximate surface area is 265 Å². The van der Waals surface area contributed by atoms with Gasteiger partial charge < -0.3 is 19.5 Å². The van der Waals surface area contributed by atoms with E-state index in [0.29, 0.717) is 42.2 Å². The lowest BCUT2D eigenvalue weighted by Crippen LogP contribution is -2.32. The van der Waals surface area contributed by atoms with Crippen LogP contribution in [0.1, 0.15) is 57.2 Å². The maximum absolute atomic E-state index is 13.9. The minimum absolute atomic E-state index is 0.247. The molecule has 0 saturated heterocycles. The van der Waals surface area contributed by atoms with E-state index < -0.39 is 0 Å². The summed E-state index contributed by atoms with van der Waals surface area (Å²) in [6.45, 7) is 1.75. The smallest absolute Gasteiger partial charge is 0.262 e. The van der Waals surface area contributed by atoms with E-state index in [4.69, 9.17) is 30.8 Å². The Bertz CT molecular complexity index is 1910. The molecule has 1 aliphatic carbocycles. The predicted octanol–water partition coefficient (Wildman–Crippen LogP) is 5.80. The summed E-state index contributed by atoms with van der Waals surface area (Å²) in [5.41, 5.74) is 5.20. The average Bonchev–Trinajstić information content (AvgIpc) is 3.69. The van der Waals surface area contributed by atoms with E-state index in [2.05, 4.69) is 20.4 Å². The van der Waals surface area contributed by atoms with E-state index in [1.807, 2.05) is 36.4 Å². The SMILES string of the molecule is COc1ccc(CNc2nc3cc(CN(C(=O)c4cnc(C5CC5)nc4)c4cc(Cl)nn4C)ccc3c3c2COC3)c(OC)c1. The van der Waals surface area contributed by atoms with Crippen LogP contribution in [0.3, 0.4) is 0 Å². The Morgan fingerprint density at radius 2 is 1.87 bits per heavy atom. The first-order chi connectivity index (χ1) is 21.9. The number of rotatable bonds is 10. The van der Waals surface area contributed by atoms with Crippen molar-refractivity contribution in [2.45, 2.75) is 45.1 Å². The van der Waals surface area contributed by atoms with E-state index in [9.17, 15) is 4.79 Å². The van der Waals surface area contributed by atoms with Crippen LogP contribution in [-0.4, -0.2) is 44.9 Å². The number of hydrogen-bond donors (Lipinski definition) is 1. The molecule has 45 heavy (non-hydrogen) atoms. The van der Waals surface area contributed by atoms with Crippen LogP contribution < -0.4 is 19.7 Å². The van der Waals surface area contributed by atoms with Gasteiger partial charge in [0.25, 0.3) is 5.91 Å². The number of halogens is 1. The van der Waals surface area contributed by atoms with Gasteiger partial charge in [0.15, 0.2) is 5.15 Å². The van der Waals surface area contributed by atoms with Crippen molar-refractivity contribution in [2.75, 3.05) is 24.4 Å². The molecule has 0 unspecified atom stereocenters. The minimum Gasteiger partial charge on any atom is -0.497 e. The van der Waals surface area contributed by atoms with E-state index in [0.717, 1.165) is 69.1 Å². The third kappa shape index (κ3) is 5.76. The number of anilines is 2. The molecule has 2 aliphatic rings. The molecule has 0 bridgehead atoms. The van der Waals surface area contributed by atoms with Crippen molar-refractivity contribution < 1.29 is 19.0 Å². The highest BCUT2D eigenvalue weighted by Gasteiger charge is 2.28. The third-order valence-electron chi connectivity index (χ3n) is 8.25. The molecule has 1 saturated carbocycles. The minimum atomic E-state index is -0.247. The lowest BCUT2D eigenvalue weighted by molar-refractivity contribution is 0.0982. The molecule has 11 nitrogen and oxygen atoms in total. The van der Waals surface area contributed by atoms with E-state index in [-0.39, 0.29) is 12.5 Å². The average molecular weight is 626 g/mol. The predicted molar refractivity (Wildman–Crippen MR) is 170 cm³/mol. The van der Waals surface area contributed by atoms with Gasteiger partial charge in [-0.2, -0.15) is 5.10 Å². The molecule has 1 N–H and O–H groups in total. The number of carbonyl (C=O) groups excluding carboxylic acids is 1. The van der Waals surface area contributed by atoms with E-state index >= 15 is 0 Å². The first-order valence-electron chi connectivity index (χ1n) is 14.7. The van der Waals surface area contributed by atoms with Crippen molar-refractivity contribution in [3.05, 3.63) is 93.7 Å². The van der Waals surface area contributed by atoms with Crippen molar-refractivity contribution in [3.63, 3.8) is 0 Å². The molecular formula is C33H32ClN7O4. The van der Waals surface area contributed by atoms with Gasteiger partial charge >= 0.3 is 0 Å². The van der Waals surface area contributed by atoms with Crippen molar-refractivity contribution in [1.29, 1.82) is 0 Å². The zero-order valence-electron chi connectivity index (χ0n) is 25.2. The van der Waals surface area contributed by atoms with Crippen LogP contribution in [0.5, 0.6) is 11.5 Å². The van der Waals surface area contributed by atoms with Crippen molar-refractivity contribution in [1.82, 2.24) is 24.7 Å². The number of fused-ring (bicyclic) bond motifs is 3. The zero-order chi connectivity index (χ0) is 31.1. The Morgan fingerprint density at radius 3 is 2.58 bits per heavy atom.